The summed E-state index contributed by atoms with van der Waals surface area (Å²) in [5, 5.41) is 0.0512. The summed E-state index contributed by atoms with van der Waals surface area (Å²) in [6.45, 7) is 1.96. The third kappa shape index (κ3) is 1.84. The maximum atomic E-state index is 13.6. The molecule has 0 N–H and O–H groups in total. The van der Waals surface area contributed by atoms with Gasteiger partial charge in [0.05, 0.1) is 12.7 Å². The van der Waals surface area contributed by atoms with Crippen LogP contribution in [0, 0.1) is 5.82 Å². The highest BCUT2D eigenvalue weighted by molar-refractivity contribution is 6.28. The average molecular weight is 254 g/mol. The molecule has 0 spiro atoms. The van der Waals surface area contributed by atoms with Crippen LogP contribution >= 0.6 is 11.6 Å². The van der Waals surface area contributed by atoms with Gasteiger partial charge in [-0.3, -0.25) is 0 Å². The molecule has 0 bridgehead atoms. The van der Waals surface area contributed by atoms with Crippen molar-refractivity contribution in [2.75, 3.05) is 11.4 Å². The molecule has 88 valence electrons. The van der Waals surface area contributed by atoms with Gasteiger partial charge in [-0.25, -0.2) is 14.4 Å². The summed E-state index contributed by atoms with van der Waals surface area (Å²) < 4.78 is 15.6. The average Bonchev–Trinajstić information content (AvgIpc) is 2.79. The van der Waals surface area contributed by atoms with Crippen molar-refractivity contribution in [2.24, 2.45) is 0 Å². The molecular weight excluding hydrogens is 245 g/mol. The van der Waals surface area contributed by atoms with E-state index < -0.39 is 5.82 Å². The summed E-state index contributed by atoms with van der Waals surface area (Å²) in [6, 6.07) is 0. The van der Waals surface area contributed by atoms with Gasteiger partial charge in [-0.1, -0.05) is 0 Å². The quantitative estimate of drug-likeness (QED) is 0.723. The lowest BCUT2D eigenvalue weighted by atomic mass is 10.3. The standard InChI is InChI=1S/C10H9ClFN5/c11-10-14-5-7(12)9(15-10)17-4-3-16-2-1-13-8(16)6-17/h1-2,5H,3-4,6H2. The first-order valence-corrected chi connectivity index (χ1v) is 5.55. The molecule has 2 aromatic rings. The SMILES string of the molecule is Fc1cnc(Cl)nc1N1CCn2ccnc2C1. The highest BCUT2D eigenvalue weighted by Gasteiger charge is 2.21. The highest BCUT2D eigenvalue weighted by Crippen LogP contribution is 2.21. The van der Waals surface area contributed by atoms with Crippen molar-refractivity contribution in [3.63, 3.8) is 0 Å². The number of hydrogen-bond acceptors (Lipinski definition) is 4. The Morgan fingerprint density at radius 3 is 3.06 bits per heavy atom. The van der Waals surface area contributed by atoms with Crippen LogP contribution in [0.2, 0.25) is 5.28 Å². The van der Waals surface area contributed by atoms with E-state index in [1.54, 1.807) is 6.20 Å². The van der Waals surface area contributed by atoms with Gasteiger partial charge in [-0.2, -0.15) is 4.98 Å². The number of rotatable bonds is 1. The van der Waals surface area contributed by atoms with E-state index in [2.05, 4.69) is 15.0 Å². The molecule has 3 rings (SSSR count). The Labute approximate surface area is 102 Å². The molecule has 0 saturated carbocycles. The molecule has 0 radical (unpaired) electrons. The molecule has 2 aromatic heterocycles. The molecule has 0 unspecified atom stereocenters. The number of hydrogen-bond donors (Lipinski definition) is 0. The Balaban J connectivity index is 1.94. The van der Waals surface area contributed by atoms with Crippen LogP contribution in [0.1, 0.15) is 5.82 Å². The summed E-state index contributed by atoms with van der Waals surface area (Å²) in [6.07, 6.45) is 4.74. The smallest absolute Gasteiger partial charge is 0.224 e. The first kappa shape index (κ1) is 10.5. The van der Waals surface area contributed by atoms with Crippen LogP contribution in [0.5, 0.6) is 0 Å². The van der Waals surface area contributed by atoms with E-state index in [9.17, 15) is 4.39 Å². The summed E-state index contributed by atoms with van der Waals surface area (Å²) in [5.41, 5.74) is 0. The minimum Gasteiger partial charge on any atom is -0.345 e. The zero-order valence-electron chi connectivity index (χ0n) is 8.85. The van der Waals surface area contributed by atoms with Gasteiger partial charge in [-0.15, -0.1) is 0 Å². The number of nitrogens with zero attached hydrogens (tertiary/aromatic N) is 5. The van der Waals surface area contributed by atoms with Gasteiger partial charge >= 0.3 is 0 Å². The molecule has 0 fully saturated rings. The topological polar surface area (TPSA) is 46.8 Å². The van der Waals surface area contributed by atoms with E-state index in [-0.39, 0.29) is 11.1 Å². The lowest BCUT2D eigenvalue weighted by Crippen LogP contribution is -2.34. The molecule has 1 aliphatic heterocycles. The predicted molar refractivity (Wildman–Crippen MR) is 60.3 cm³/mol. The fraction of sp³-hybridized carbons (Fsp3) is 0.300. The third-order valence-electron chi connectivity index (χ3n) is 2.74. The van der Waals surface area contributed by atoms with Crippen molar-refractivity contribution in [3.05, 3.63) is 35.5 Å². The van der Waals surface area contributed by atoms with Crippen LogP contribution in [0.3, 0.4) is 0 Å². The number of fused-ring (bicyclic) bond motifs is 1. The summed E-state index contributed by atoms with van der Waals surface area (Å²) in [4.78, 5) is 13.5. The Morgan fingerprint density at radius 1 is 1.29 bits per heavy atom. The maximum Gasteiger partial charge on any atom is 0.224 e. The lowest BCUT2D eigenvalue weighted by molar-refractivity contribution is 0.535. The molecule has 0 aromatic carbocycles. The van der Waals surface area contributed by atoms with Crippen molar-refractivity contribution in [1.29, 1.82) is 0 Å². The Kier molecular flexibility index (Phi) is 2.44. The predicted octanol–water partition coefficient (Wildman–Crippen LogP) is 1.49. The third-order valence-corrected chi connectivity index (χ3v) is 2.92. The minimum absolute atomic E-state index is 0.0512. The van der Waals surface area contributed by atoms with E-state index in [1.807, 2.05) is 15.7 Å². The summed E-state index contributed by atoms with van der Waals surface area (Å²) in [5.74, 6) is 0.666. The van der Waals surface area contributed by atoms with Crippen molar-refractivity contribution in [2.45, 2.75) is 13.1 Å². The number of halogens is 2. The van der Waals surface area contributed by atoms with E-state index in [1.165, 1.54) is 0 Å². The van der Waals surface area contributed by atoms with Gasteiger partial charge in [0.2, 0.25) is 5.28 Å². The van der Waals surface area contributed by atoms with Gasteiger partial charge in [0.25, 0.3) is 0 Å². The van der Waals surface area contributed by atoms with Crippen molar-refractivity contribution in [3.8, 4) is 0 Å². The Hall–Kier alpha value is -1.69. The zero-order valence-corrected chi connectivity index (χ0v) is 9.60. The van der Waals surface area contributed by atoms with Gasteiger partial charge in [-0.05, 0) is 11.6 Å². The molecule has 5 nitrogen and oxygen atoms in total. The first-order valence-electron chi connectivity index (χ1n) is 5.17. The number of anilines is 1. The van der Waals surface area contributed by atoms with E-state index in [0.717, 1.165) is 18.6 Å². The van der Waals surface area contributed by atoms with Crippen LogP contribution < -0.4 is 4.90 Å². The van der Waals surface area contributed by atoms with Crippen LogP contribution in [0.4, 0.5) is 10.2 Å². The van der Waals surface area contributed by atoms with E-state index >= 15 is 0 Å². The van der Waals surface area contributed by atoms with Crippen molar-refractivity contribution in [1.82, 2.24) is 19.5 Å². The van der Waals surface area contributed by atoms with Gasteiger partial charge in [0.1, 0.15) is 5.82 Å². The van der Waals surface area contributed by atoms with Gasteiger partial charge in [0, 0.05) is 25.5 Å². The van der Waals surface area contributed by atoms with Crippen LogP contribution in [0.15, 0.2) is 18.6 Å². The second-order valence-electron chi connectivity index (χ2n) is 3.77. The molecule has 0 amide bonds. The van der Waals surface area contributed by atoms with Crippen LogP contribution in [-0.4, -0.2) is 26.1 Å². The molecule has 7 heteroatoms. The van der Waals surface area contributed by atoms with Gasteiger partial charge in [0.15, 0.2) is 11.6 Å². The monoisotopic (exact) mass is 253 g/mol. The van der Waals surface area contributed by atoms with Crippen LogP contribution in [0.25, 0.3) is 0 Å². The Bertz CT molecular complexity index is 555. The molecular formula is C10H9ClFN5. The molecule has 0 saturated heterocycles. The maximum absolute atomic E-state index is 13.6. The van der Waals surface area contributed by atoms with Crippen molar-refractivity contribution < 1.29 is 4.39 Å². The molecule has 3 heterocycles. The fourth-order valence-corrected chi connectivity index (χ4v) is 2.04. The second-order valence-corrected chi connectivity index (χ2v) is 4.11. The van der Waals surface area contributed by atoms with Gasteiger partial charge < -0.3 is 9.47 Å². The number of imidazole rings is 1. The molecule has 0 atom stereocenters. The Morgan fingerprint density at radius 2 is 2.18 bits per heavy atom. The molecule has 17 heavy (non-hydrogen) atoms. The first-order chi connectivity index (χ1) is 8.24. The van der Waals surface area contributed by atoms with E-state index in [0.29, 0.717) is 13.1 Å². The fourth-order valence-electron chi connectivity index (χ4n) is 1.91. The summed E-state index contributed by atoms with van der Waals surface area (Å²) >= 11 is 5.68. The minimum atomic E-state index is -0.464. The number of aromatic nitrogens is 4. The normalized spacial score (nSPS) is 14.8. The second kappa shape index (κ2) is 3.96. The van der Waals surface area contributed by atoms with Crippen molar-refractivity contribution >= 4 is 17.4 Å². The molecule has 0 aliphatic carbocycles. The zero-order chi connectivity index (χ0) is 11.8. The lowest BCUT2D eigenvalue weighted by Gasteiger charge is -2.28. The van der Waals surface area contributed by atoms with Crippen LogP contribution in [-0.2, 0) is 13.1 Å². The van der Waals surface area contributed by atoms with E-state index in [4.69, 9.17) is 11.6 Å². The largest absolute Gasteiger partial charge is 0.345 e. The highest BCUT2D eigenvalue weighted by atomic mass is 35.5. The molecule has 1 aliphatic rings. The summed E-state index contributed by atoms with van der Waals surface area (Å²) in [7, 11) is 0.